The van der Waals surface area contributed by atoms with Gasteiger partial charge in [-0.25, -0.2) is 13.2 Å². The number of nitro benzene ring substituents is 1. The average Bonchev–Trinajstić information content (AvgIpc) is 3.21. The first-order valence-corrected chi connectivity index (χ1v) is 11.0. The largest absolute Gasteiger partial charge is 0.464 e. The Morgan fingerprint density at radius 1 is 1.20 bits per heavy atom. The van der Waals surface area contributed by atoms with Gasteiger partial charge < -0.3 is 14.2 Å². The zero-order valence-corrected chi connectivity index (χ0v) is 17.3. The summed E-state index contributed by atoms with van der Waals surface area (Å²) in [4.78, 5) is 36.5. The molecule has 1 aliphatic heterocycles. The van der Waals surface area contributed by atoms with Crippen molar-refractivity contribution in [3.63, 3.8) is 0 Å². The lowest BCUT2D eigenvalue weighted by atomic mass is 10.0. The van der Waals surface area contributed by atoms with E-state index in [1.807, 2.05) is 4.57 Å². The van der Waals surface area contributed by atoms with Crippen LogP contribution in [0.15, 0.2) is 41.4 Å². The van der Waals surface area contributed by atoms with Gasteiger partial charge in [-0.3, -0.25) is 14.9 Å². The number of sulfone groups is 1. The van der Waals surface area contributed by atoms with E-state index in [-0.39, 0.29) is 16.5 Å². The summed E-state index contributed by atoms with van der Waals surface area (Å²) in [6.07, 6.45) is 3.85. The molecule has 3 rings (SSSR count). The fourth-order valence-corrected chi connectivity index (χ4v) is 4.22. The summed E-state index contributed by atoms with van der Waals surface area (Å²) in [5.41, 5.74) is -0.0655. The van der Waals surface area contributed by atoms with Gasteiger partial charge in [-0.1, -0.05) is 0 Å². The number of carbonyl (C=O) groups is 2. The molecule has 0 spiro atoms. The van der Waals surface area contributed by atoms with Crippen LogP contribution < -0.4 is 0 Å². The van der Waals surface area contributed by atoms with Crippen molar-refractivity contribution in [2.75, 3.05) is 26.5 Å². The van der Waals surface area contributed by atoms with E-state index in [1.165, 1.54) is 12.0 Å². The number of hydrogen-bond donors (Lipinski definition) is 0. The highest BCUT2D eigenvalue weighted by atomic mass is 32.2. The first-order chi connectivity index (χ1) is 14.1. The SMILES string of the molecule is COC(=O)c1cccn1C1CCN(C(=O)c2cc([N+](=O)[O-])cc(S(C)(=O)=O)c2)CC1. The van der Waals surface area contributed by atoms with Crippen LogP contribution in [0.5, 0.6) is 0 Å². The van der Waals surface area contributed by atoms with Gasteiger partial charge in [-0.2, -0.15) is 0 Å². The number of non-ortho nitro benzene ring substituents is 1. The van der Waals surface area contributed by atoms with Crippen LogP contribution in [0.25, 0.3) is 0 Å². The lowest BCUT2D eigenvalue weighted by Gasteiger charge is -2.33. The van der Waals surface area contributed by atoms with Crippen molar-refractivity contribution in [2.24, 2.45) is 0 Å². The molecule has 1 amide bonds. The van der Waals surface area contributed by atoms with Gasteiger partial charge in [0, 0.05) is 49.3 Å². The first kappa shape index (κ1) is 21.5. The Hall–Kier alpha value is -3.21. The van der Waals surface area contributed by atoms with Gasteiger partial charge in [0.05, 0.1) is 16.9 Å². The van der Waals surface area contributed by atoms with Crippen molar-refractivity contribution in [1.82, 2.24) is 9.47 Å². The number of ether oxygens (including phenoxy) is 1. The van der Waals surface area contributed by atoms with E-state index in [0.717, 1.165) is 24.5 Å². The predicted molar refractivity (Wildman–Crippen MR) is 106 cm³/mol. The van der Waals surface area contributed by atoms with Gasteiger partial charge in [-0.15, -0.1) is 0 Å². The molecule has 30 heavy (non-hydrogen) atoms. The fraction of sp³-hybridized carbons (Fsp3) is 0.368. The molecule has 0 atom stereocenters. The maximum absolute atomic E-state index is 12.9. The molecule has 2 heterocycles. The lowest BCUT2D eigenvalue weighted by molar-refractivity contribution is -0.385. The van der Waals surface area contributed by atoms with Gasteiger partial charge in [0.15, 0.2) is 9.84 Å². The molecule has 11 heteroatoms. The number of nitrogens with zero attached hydrogens (tertiary/aromatic N) is 3. The van der Waals surface area contributed by atoms with Crippen LogP contribution in [0.1, 0.15) is 39.7 Å². The van der Waals surface area contributed by atoms with Crippen LogP contribution in [-0.2, 0) is 14.6 Å². The van der Waals surface area contributed by atoms with Crippen LogP contribution in [0.3, 0.4) is 0 Å². The third-order valence-corrected chi connectivity index (χ3v) is 6.19. The summed E-state index contributed by atoms with van der Waals surface area (Å²) in [6, 6.07) is 6.61. The van der Waals surface area contributed by atoms with Gasteiger partial charge in [0.2, 0.25) is 0 Å². The molecule has 1 aliphatic rings. The molecular weight excluding hydrogens is 414 g/mol. The number of benzene rings is 1. The Balaban J connectivity index is 1.79. The zero-order chi connectivity index (χ0) is 22.1. The maximum atomic E-state index is 12.9. The number of likely N-dealkylation sites (tertiary alicyclic amines) is 1. The standard InChI is InChI=1S/C19H21N3O7S/c1-29-19(24)17-4-3-7-21(17)14-5-8-20(9-6-14)18(23)13-10-15(22(25)26)12-16(11-13)30(2,27)28/h3-4,7,10-12,14H,5-6,8-9H2,1-2H3. The molecule has 0 radical (unpaired) electrons. The molecule has 2 aromatic rings. The highest BCUT2D eigenvalue weighted by molar-refractivity contribution is 7.90. The molecule has 0 saturated carbocycles. The van der Waals surface area contributed by atoms with Crippen molar-refractivity contribution >= 4 is 27.4 Å². The number of aromatic nitrogens is 1. The quantitative estimate of drug-likeness (QED) is 0.399. The van der Waals surface area contributed by atoms with Crippen molar-refractivity contribution in [3.8, 4) is 0 Å². The van der Waals surface area contributed by atoms with Crippen molar-refractivity contribution in [1.29, 1.82) is 0 Å². The zero-order valence-electron chi connectivity index (χ0n) is 16.5. The Labute approximate surface area is 173 Å². The monoisotopic (exact) mass is 435 g/mol. The first-order valence-electron chi connectivity index (χ1n) is 9.16. The second-order valence-electron chi connectivity index (χ2n) is 7.06. The van der Waals surface area contributed by atoms with Gasteiger partial charge in [-0.05, 0) is 31.0 Å². The Morgan fingerprint density at radius 2 is 1.87 bits per heavy atom. The van der Waals surface area contributed by atoms with E-state index in [2.05, 4.69) is 0 Å². The summed E-state index contributed by atoms with van der Waals surface area (Å²) >= 11 is 0. The van der Waals surface area contributed by atoms with Crippen molar-refractivity contribution in [3.05, 3.63) is 57.9 Å². The molecule has 0 unspecified atom stereocenters. The van der Waals surface area contributed by atoms with Gasteiger partial charge in [0.1, 0.15) is 5.69 Å². The molecule has 1 fully saturated rings. The maximum Gasteiger partial charge on any atom is 0.354 e. The van der Waals surface area contributed by atoms with E-state index < -0.39 is 32.3 Å². The fourth-order valence-electron chi connectivity index (χ4n) is 3.55. The number of piperidine rings is 1. The highest BCUT2D eigenvalue weighted by Gasteiger charge is 2.28. The average molecular weight is 435 g/mol. The minimum absolute atomic E-state index is 0.00478. The minimum Gasteiger partial charge on any atom is -0.464 e. The summed E-state index contributed by atoms with van der Waals surface area (Å²) in [5, 5.41) is 11.2. The number of carbonyl (C=O) groups excluding carboxylic acids is 2. The van der Waals surface area contributed by atoms with E-state index in [4.69, 9.17) is 4.74 Å². The molecule has 0 aliphatic carbocycles. The number of nitro groups is 1. The Kier molecular flexibility index (Phi) is 5.92. The summed E-state index contributed by atoms with van der Waals surface area (Å²) in [7, 11) is -2.41. The Bertz CT molecular complexity index is 1100. The molecule has 1 aromatic heterocycles. The predicted octanol–water partition coefficient (Wildman–Crippen LogP) is 2.06. The highest BCUT2D eigenvalue weighted by Crippen LogP contribution is 2.27. The Morgan fingerprint density at radius 3 is 2.43 bits per heavy atom. The number of methoxy groups -OCH3 is 1. The number of rotatable bonds is 5. The molecule has 160 valence electrons. The summed E-state index contributed by atoms with van der Waals surface area (Å²) in [6.45, 7) is 0.721. The molecule has 10 nitrogen and oxygen atoms in total. The summed E-state index contributed by atoms with van der Waals surface area (Å²) < 4.78 is 30.3. The van der Waals surface area contributed by atoms with E-state index in [9.17, 15) is 28.1 Å². The van der Waals surface area contributed by atoms with E-state index in [0.29, 0.717) is 31.6 Å². The third kappa shape index (κ3) is 4.35. The third-order valence-electron chi connectivity index (χ3n) is 5.10. The van der Waals surface area contributed by atoms with Gasteiger partial charge in [0.25, 0.3) is 11.6 Å². The van der Waals surface area contributed by atoms with Crippen LogP contribution in [0.2, 0.25) is 0 Å². The van der Waals surface area contributed by atoms with Crippen LogP contribution in [0, 0.1) is 10.1 Å². The van der Waals surface area contributed by atoms with Gasteiger partial charge >= 0.3 is 5.97 Å². The van der Waals surface area contributed by atoms with Crippen LogP contribution in [-0.4, -0.2) is 61.1 Å². The molecular formula is C19H21N3O7S. The van der Waals surface area contributed by atoms with Crippen molar-refractivity contribution in [2.45, 2.75) is 23.8 Å². The molecule has 0 N–H and O–H groups in total. The smallest absolute Gasteiger partial charge is 0.354 e. The second kappa shape index (κ2) is 8.27. The normalized spacial score (nSPS) is 15.1. The van der Waals surface area contributed by atoms with Crippen LogP contribution in [0.4, 0.5) is 5.69 Å². The molecule has 0 bridgehead atoms. The van der Waals surface area contributed by atoms with Crippen LogP contribution >= 0.6 is 0 Å². The van der Waals surface area contributed by atoms with E-state index >= 15 is 0 Å². The molecule has 1 saturated heterocycles. The van der Waals surface area contributed by atoms with E-state index in [1.54, 1.807) is 18.3 Å². The number of esters is 1. The second-order valence-corrected chi connectivity index (χ2v) is 9.08. The summed E-state index contributed by atoms with van der Waals surface area (Å²) in [5.74, 6) is -0.911. The van der Waals surface area contributed by atoms with Crippen molar-refractivity contribution < 1.29 is 27.7 Å². The number of amides is 1. The topological polar surface area (TPSA) is 129 Å². The lowest BCUT2D eigenvalue weighted by Crippen LogP contribution is -2.39. The minimum atomic E-state index is -3.72. The molecule has 1 aromatic carbocycles. The number of hydrogen-bond acceptors (Lipinski definition) is 7.